The second-order valence-electron chi connectivity index (χ2n) is 15.3. The summed E-state index contributed by atoms with van der Waals surface area (Å²) in [5.74, 6) is 0. The van der Waals surface area contributed by atoms with E-state index in [4.69, 9.17) is 0 Å². The number of benzene rings is 11. The minimum absolute atomic E-state index is 1.10. The van der Waals surface area contributed by atoms with Crippen molar-refractivity contribution in [1.29, 1.82) is 0 Å². The first-order chi connectivity index (χ1) is 29.2. The molecule has 0 saturated heterocycles. The molecule has 59 heavy (non-hydrogen) atoms. The largest absolute Gasteiger partial charge is 0.310 e. The lowest BCUT2D eigenvalue weighted by Crippen LogP contribution is -2.10. The van der Waals surface area contributed by atoms with Gasteiger partial charge in [0.05, 0.1) is 0 Å². The Bertz CT molecular complexity index is 3300. The van der Waals surface area contributed by atoms with E-state index in [1.165, 1.54) is 87.6 Å². The van der Waals surface area contributed by atoms with Crippen LogP contribution in [-0.2, 0) is 0 Å². The predicted molar refractivity (Wildman–Crippen MR) is 253 cm³/mol. The van der Waals surface area contributed by atoms with E-state index >= 15 is 0 Å². The molecule has 0 radical (unpaired) electrons. The van der Waals surface area contributed by atoms with Crippen LogP contribution in [0.25, 0.3) is 87.6 Å². The molecule has 0 aromatic heterocycles. The number of hydrogen-bond acceptors (Lipinski definition) is 1. The summed E-state index contributed by atoms with van der Waals surface area (Å²) < 4.78 is 0. The third kappa shape index (κ3) is 6.40. The molecule has 11 rings (SSSR count). The Balaban J connectivity index is 0.980. The number of rotatable bonds is 7. The van der Waals surface area contributed by atoms with Crippen LogP contribution in [-0.4, -0.2) is 0 Å². The maximum Gasteiger partial charge on any atom is 0.0467 e. The van der Waals surface area contributed by atoms with Gasteiger partial charge >= 0.3 is 0 Å². The summed E-state index contributed by atoms with van der Waals surface area (Å²) in [6.07, 6.45) is 0. The molecule has 0 aliphatic carbocycles. The van der Waals surface area contributed by atoms with Gasteiger partial charge in [-0.25, -0.2) is 0 Å². The average molecular weight is 750 g/mol. The van der Waals surface area contributed by atoms with Gasteiger partial charge in [0, 0.05) is 17.1 Å². The zero-order valence-corrected chi connectivity index (χ0v) is 32.5. The quantitative estimate of drug-likeness (QED) is 0.147. The van der Waals surface area contributed by atoms with Crippen molar-refractivity contribution in [3.8, 4) is 44.5 Å². The van der Waals surface area contributed by atoms with Crippen molar-refractivity contribution in [3.63, 3.8) is 0 Å². The van der Waals surface area contributed by atoms with E-state index < -0.39 is 0 Å². The molecule has 0 unspecified atom stereocenters. The molecule has 11 aromatic carbocycles. The summed E-state index contributed by atoms with van der Waals surface area (Å²) in [5.41, 5.74) is 13.0. The minimum Gasteiger partial charge on any atom is -0.310 e. The molecule has 0 amide bonds. The van der Waals surface area contributed by atoms with E-state index in [1.807, 2.05) is 0 Å². The lowest BCUT2D eigenvalue weighted by atomic mass is 9.93. The van der Waals surface area contributed by atoms with E-state index in [-0.39, 0.29) is 0 Å². The molecule has 0 atom stereocenters. The van der Waals surface area contributed by atoms with Gasteiger partial charge in [-0.15, -0.1) is 0 Å². The summed E-state index contributed by atoms with van der Waals surface area (Å²) in [7, 11) is 0. The molecule has 0 bridgehead atoms. The normalized spacial score (nSPS) is 11.4. The van der Waals surface area contributed by atoms with Crippen LogP contribution >= 0.6 is 0 Å². The lowest BCUT2D eigenvalue weighted by Gasteiger charge is -2.26. The Hall–Kier alpha value is -7.74. The van der Waals surface area contributed by atoms with E-state index in [0.717, 1.165) is 17.1 Å². The zero-order chi connectivity index (χ0) is 39.1. The number of nitrogens with zero attached hydrogens (tertiary/aromatic N) is 1. The molecule has 0 aliphatic rings. The van der Waals surface area contributed by atoms with Gasteiger partial charge in [-0.2, -0.15) is 0 Å². The van der Waals surface area contributed by atoms with Crippen molar-refractivity contribution in [2.75, 3.05) is 4.90 Å². The van der Waals surface area contributed by atoms with Crippen molar-refractivity contribution >= 4 is 60.2 Å². The highest BCUT2D eigenvalue weighted by Crippen LogP contribution is 2.41. The SMILES string of the molecule is c1cc(-c2cccc3ccccc23)cc(N(c2ccc(-c3ccc(-c4ccc5ccccc5c4)cc3)cc2)c2ccc(-c3cc4ccccc4c4ccccc34)cc2)c1. The fraction of sp³-hybridized carbons (Fsp3) is 0. The molecule has 0 N–H and O–H groups in total. The van der Waals surface area contributed by atoms with Crippen molar-refractivity contribution in [1.82, 2.24) is 0 Å². The molecule has 0 spiro atoms. The van der Waals surface area contributed by atoms with Gasteiger partial charge < -0.3 is 4.90 Å². The van der Waals surface area contributed by atoms with E-state index in [0.29, 0.717) is 0 Å². The molecule has 11 aromatic rings. The topological polar surface area (TPSA) is 3.24 Å². The fourth-order valence-electron chi connectivity index (χ4n) is 8.85. The van der Waals surface area contributed by atoms with Gasteiger partial charge in [0.25, 0.3) is 0 Å². The first-order valence-electron chi connectivity index (χ1n) is 20.3. The van der Waals surface area contributed by atoms with Crippen molar-refractivity contribution in [3.05, 3.63) is 237 Å². The molecular formula is C58H39N. The molecule has 0 heterocycles. The van der Waals surface area contributed by atoms with Gasteiger partial charge in [0.2, 0.25) is 0 Å². The average Bonchev–Trinajstić information content (AvgIpc) is 3.32. The van der Waals surface area contributed by atoms with Crippen LogP contribution in [0.1, 0.15) is 0 Å². The van der Waals surface area contributed by atoms with Crippen molar-refractivity contribution < 1.29 is 0 Å². The predicted octanol–water partition coefficient (Wildman–Crippen LogP) is 16.4. The number of fused-ring (bicyclic) bond motifs is 5. The molecule has 0 saturated carbocycles. The highest BCUT2D eigenvalue weighted by Gasteiger charge is 2.16. The summed E-state index contributed by atoms with van der Waals surface area (Å²) >= 11 is 0. The monoisotopic (exact) mass is 749 g/mol. The van der Waals surface area contributed by atoms with Crippen LogP contribution in [0.15, 0.2) is 237 Å². The Labute approximate surface area is 344 Å². The number of anilines is 3. The maximum atomic E-state index is 2.38. The summed E-state index contributed by atoms with van der Waals surface area (Å²) in [5, 5.41) is 10.1. The Morgan fingerprint density at radius 1 is 0.203 bits per heavy atom. The molecule has 1 heteroatoms. The summed E-state index contributed by atoms with van der Waals surface area (Å²) in [6.45, 7) is 0. The van der Waals surface area contributed by atoms with Gasteiger partial charge in [-0.3, -0.25) is 0 Å². The highest BCUT2D eigenvalue weighted by atomic mass is 15.1. The van der Waals surface area contributed by atoms with Gasteiger partial charge in [-0.05, 0) is 136 Å². The van der Waals surface area contributed by atoms with E-state index in [2.05, 4.69) is 241 Å². The molecular weight excluding hydrogens is 711 g/mol. The standard InChI is InChI=1S/C58H39N/c1-2-13-46-37-47(28-27-40(46)11-1)43-25-23-41(24-26-43)42-29-33-50(34-30-42)59(52-17-9-16-48(38-52)54-22-10-15-44-12-3-5-18-53(44)54)51-35-31-45(32-36-51)58-39-49-14-4-6-19-55(49)56-20-7-8-21-57(56)58/h1-39H. The van der Waals surface area contributed by atoms with Crippen LogP contribution in [0.2, 0.25) is 0 Å². The highest BCUT2D eigenvalue weighted by molar-refractivity contribution is 6.13. The van der Waals surface area contributed by atoms with Crippen LogP contribution in [0, 0.1) is 0 Å². The first kappa shape index (κ1) is 34.5. The minimum atomic E-state index is 1.10. The molecule has 276 valence electrons. The lowest BCUT2D eigenvalue weighted by molar-refractivity contribution is 1.28. The Kier molecular flexibility index (Phi) is 8.56. The van der Waals surface area contributed by atoms with Crippen molar-refractivity contribution in [2.45, 2.75) is 0 Å². The maximum absolute atomic E-state index is 2.38. The second-order valence-corrected chi connectivity index (χ2v) is 15.3. The molecule has 0 fully saturated rings. The van der Waals surface area contributed by atoms with Crippen LogP contribution in [0.5, 0.6) is 0 Å². The second kappa shape index (κ2) is 14.6. The number of hydrogen-bond donors (Lipinski definition) is 0. The van der Waals surface area contributed by atoms with Crippen LogP contribution in [0.4, 0.5) is 17.1 Å². The fourth-order valence-corrected chi connectivity index (χ4v) is 8.85. The third-order valence-electron chi connectivity index (χ3n) is 11.8. The van der Waals surface area contributed by atoms with Crippen LogP contribution < -0.4 is 4.90 Å². The summed E-state index contributed by atoms with van der Waals surface area (Å²) in [6, 6.07) is 86.2. The van der Waals surface area contributed by atoms with Gasteiger partial charge in [0.15, 0.2) is 0 Å². The van der Waals surface area contributed by atoms with E-state index in [9.17, 15) is 0 Å². The zero-order valence-electron chi connectivity index (χ0n) is 32.5. The smallest absolute Gasteiger partial charge is 0.0467 e. The molecule has 0 aliphatic heterocycles. The summed E-state index contributed by atoms with van der Waals surface area (Å²) in [4.78, 5) is 2.38. The third-order valence-corrected chi connectivity index (χ3v) is 11.8. The van der Waals surface area contributed by atoms with Crippen molar-refractivity contribution in [2.24, 2.45) is 0 Å². The first-order valence-corrected chi connectivity index (χ1v) is 20.3. The Morgan fingerprint density at radius 2 is 0.712 bits per heavy atom. The molecule has 1 nitrogen and oxygen atoms in total. The van der Waals surface area contributed by atoms with E-state index in [1.54, 1.807) is 0 Å². The van der Waals surface area contributed by atoms with Crippen LogP contribution in [0.3, 0.4) is 0 Å². The Morgan fingerprint density at radius 3 is 1.44 bits per heavy atom. The van der Waals surface area contributed by atoms with Gasteiger partial charge in [-0.1, -0.05) is 188 Å². The van der Waals surface area contributed by atoms with Gasteiger partial charge in [0.1, 0.15) is 0 Å².